The minimum atomic E-state index is 0.220. The molecular weight excluding hydrogens is 184 g/mol. The van der Waals surface area contributed by atoms with E-state index in [1.807, 2.05) is 0 Å². The molecule has 0 aliphatic heterocycles. The van der Waals surface area contributed by atoms with Crippen LogP contribution in [-0.2, 0) is 4.79 Å². The van der Waals surface area contributed by atoms with Gasteiger partial charge in [-0.2, -0.15) is 0 Å². The maximum Gasteiger partial charge on any atom is 0.134 e. The van der Waals surface area contributed by atoms with Gasteiger partial charge in [0.2, 0.25) is 0 Å². The average Bonchev–Trinajstić information content (AvgIpc) is 2.39. The first-order valence-corrected chi connectivity index (χ1v) is 6.08. The summed E-state index contributed by atoms with van der Waals surface area (Å²) in [6, 6.07) is 0. The van der Waals surface area contributed by atoms with Crippen molar-refractivity contribution in [3.05, 3.63) is 11.1 Å². The first-order valence-electron chi connectivity index (χ1n) is 6.08. The molecule has 0 N–H and O–H groups in total. The monoisotopic (exact) mass is 206 g/mol. The number of ketones is 1. The van der Waals surface area contributed by atoms with Crippen LogP contribution in [0, 0.1) is 10.8 Å². The van der Waals surface area contributed by atoms with Crippen LogP contribution in [0.5, 0.6) is 0 Å². The average molecular weight is 206 g/mol. The first kappa shape index (κ1) is 10.9. The van der Waals surface area contributed by atoms with Gasteiger partial charge in [0.1, 0.15) is 5.78 Å². The quantitative estimate of drug-likeness (QED) is 0.550. The maximum absolute atomic E-state index is 11.5. The molecule has 15 heavy (non-hydrogen) atoms. The highest BCUT2D eigenvalue weighted by Crippen LogP contribution is 2.54. The van der Waals surface area contributed by atoms with Gasteiger partial charge in [-0.15, -0.1) is 0 Å². The van der Waals surface area contributed by atoms with E-state index in [0.717, 1.165) is 19.3 Å². The number of fused-ring (bicyclic) bond motifs is 1. The van der Waals surface area contributed by atoms with Gasteiger partial charge in [-0.3, -0.25) is 4.79 Å². The van der Waals surface area contributed by atoms with Crippen LogP contribution in [0.1, 0.15) is 59.8 Å². The highest BCUT2D eigenvalue weighted by molar-refractivity contribution is 5.81. The van der Waals surface area contributed by atoms with Crippen LogP contribution in [0.3, 0.4) is 0 Å². The number of allylic oxidation sites excluding steroid dienone is 2. The van der Waals surface area contributed by atoms with Crippen molar-refractivity contribution >= 4 is 5.78 Å². The Morgan fingerprint density at radius 3 is 2.40 bits per heavy atom. The van der Waals surface area contributed by atoms with Crippen LogP contribution < -0.4 is 0 Å². The van der Waals surface area contributed by atoms with Gasteiger partial charge in [0.15, 0.2) is 0 Å². The van der Waals surface area contributed by atoms with E-state index < -0.39 is 0 Å². The Kier molecular flexibility index (Phi) is 2.33. The van der Waals surface area contributed by atoms with Gasteiger partial charge in [-0.25, -0.2) is 0 Å². The van der Waals surface area contributed by atoms with E-state index in [2.05, 4.69) is 27.7 Å². The van der Waals surface area contributed by atoms with Crippen molar-refractivity contribution in [2.24, 2.45) is 10.8 Å². The van der Waals surface area contributed by atoms with Crippen molar-refractivity contribution in [3.8, 4) is 0 Å². The number of carbonyl (C=O) groups excluding carboxylic acids is 1. The van der Waals surface area contributed by atoms with E-state index in [1.54, 1.807) is 11.1 Å². The highest BCUT2D eigenvalue weighted by Gasteiger charge is 2.43. The summed E-state index contributed by atoms with van der Waals surface area (Å²) in [6.45, 7) is 9.20. The summed E-state index contributed by atoms with van der Waals surface area (Å²) in [5, 5.41) is 0. The van der Waals surface area contributed by atoms with Crippen LogP contribution in [0.15, 0.2) is 11.1 Å². The molecule has 0 spiro atoms. The molecule has 2 aliphatic rings. The summed E-state index contributed by atoms with van der Waals surface area (Å²) in [5.74, 6) is 0.469. The third kappa shape index (κ3) is 1.77. The summed E-state index contributed by atoms with van der Waals surface area (Å²) in [6.07, 6.45) is 5.01. The van der Waals surface area contributed by atoms with E-state index in [9.17, 15) is 4.79 Å². The lowest BCUT2D eigenvalue weighted by molar-refractivity contribution is -0.121. The van der Waals surface area contributed by atoms with Gasteiger partial charge in [0.25, 0.3) is 0 Å². The normalized spacial score (nSPS) is 32.1. The summed E-state index contributed by atoms with van der Waals surface area (Å²) in [4.78, 5) is 11.5. The Bertz CT molecular complexity index is 330. The van der Waals surface area contributed by atoms with Gasteiger partial charge in [0, 0.05) is 12.8 Å². The molecule has 0 heterocycles. The van der Waals surface area contributed by atoms with Gasteiger partial charge in [-0.05, 0) is 30.1 Å². The van der Waals surface area contributed by atoms with Crippen LogP contribution in [0.2, 0.25) is 0 Å². The van der Waals surface area contributed by atoms with Crippen molar-refractivity contribution in [2.75, 3.05) is 0 Å². The predicted molar refractivity (Wildman–Crippen MR) is 62.7 cm³/mol. The molecule has 0 aromatic carbocycles. The van der Waals surface area contributed by atoms with E-state index in [1.165, 1.54) is 12.8 Å². The molecule has 2 rings (SSSR count). The minimum Gasteiger partial charge on any atom is -0.300 e. The van der Waals surface area contributed by atoms with Gasteiger partial charge in [-0.1, -0.05) is 38.8 Å². The second-order valence-corrected chi connectivity index (χ2v) is 6.48. The molecule has 1 fully saturated rings. The van der Waals surface area contributed by atoms with E-state index >= 15 is 0 Å². The molecular formula is C14H22O. The molecule has 84 valence electrons. The second kappa shape index (κ2) is 3.20. The maximum atomic E-state index is 11.5. The van der Waals surface area contributed by atoms with Gasteiger partial charge < -0.3 is 0 Å². The molecule has 0 unspecified atom stereocenters. The van der Waals surface area contributed by atoms with E-state index in [-0.39, 0.29) is 5.41 Å². The number of carbonyl (C=O) groups is 1. The van der Waals surface area contributed by atoms with Crippen molar-refractivity contribution in [3.63, 3.8) is 0 Å². The summed E-state index contributed by atoms with van der Waals surface area (Å²) in [5.41, 5.74) is 3.78. The Morgan fingerprint density at radius 1 is 1.13 bits per heavy atom. The summed E-state index contributed by atoms with van der Waals surface area (Å²) in [7, 11) is 0. The van der Waals surface area contributed by atoms with Crippen LogP contribution >= 0.6 is 0 Å². The lowest BCUT2D eigenvalue weighted by Crippen LogP contribution is -2.26. The first-order chi connectivity index (χ1) is 6.83. The largest absolute Gasteiger partial charge is 0.300 e. The third-order valence-corrected chi connectivity index (χ3v) is 4.17. The van der Waals surface area contributed by atoms with Crippen LogP contribution in [-0.4, -0.2) is 5.78 Å². The number of hydrogen-bond donors (Lipinski definition) is 0. The Morgan fingerprint density at radius 2 is 1.80 bits per heavy atom. The molecule has 0 aromatic rings. The SMILES string of the molecule is CC(C)(C)C1=C2CCC(=O)C[C@]2(C)CC1. The van der Waals surface area contributed by atoms with Crippen molar-refractivity contribution < 1.29 is 4.79 Å². The number of hydrogen-bond acceptors (Lipinski definition) is 1. The summed E-state index contributed by atoms with van der Waals surface area (Å²) >= 11 is 0. The summed E-state index contributed by atoms with van der Waals surface area (Å²) < 4.78 is 0. The lowest BCUT2D eigenvalue weighted by Gasteiger charge is -2.33. The molecule has 0 aromatic heterocycles. The van der Waals surface area contributed by atoms with Crippen molar-refractivity contribution in [2.45, 2.75) is 59.8 Å². The van der Waals surface area contributed by atoms with Gasteiger partial charge in [0.05, 0.1) is 0 Å². The smallest absolute Gasteiger partial charge is 0.134 e. The minimum absolute atomic E-state index is 0.220. The molecule has 0 saturated heterocycles. The van der Waals surface area contributed by atoms with Crippen LogP contribution in [0.25, 0.3) is 0 Å². The zero-order valence-corrected chi connectivity index (χ0v) is 10.4. The molecule has 1 atom stereocenters. The van der Waals surface area contributed by atoms with Crippen molar-refractivity contribution in [1.29, 1.82) is 0 Å². The molecule has 0 bridgehead atoms. The molecule has 1 nitrogen and oxygen atoms in total. The fourth-order valence-electron chi connectivity index (χ4n) is 3.33. The molecule has 2 aliphatic carbocycles. The molecule has 0 radical (unpaired) electrons. The molecule has 0 amide bonds. The molecule has 1 saturated carbocycles. The predicted octanol–water partition coefficient (Wildman–Crippen LogP) is 3.88. The highest BCUT2D eigenvalue weighted by atomic mass is 16.1. The number of rotatable bonds is 0. The number of Topliss-reactive ketones (excluding diaryl/α,β-unsaturated/α-hetero) is 1. The van der Waals surface area contributed by atoms with Crippen LogP contribution in [0.4, 0.5) is 0 Å². The fourth-order valence-corrected chi connectivity index (χ4v) is 3.33. The third-order valence-electron chi connectivity index (χ3n) is 4.17. The fraction of sp³-hybridized carbons (Fsp3) is 0.786. The zero-order valence-electron chi connectivity index (χ0n) is 10.4. The topological polar surface area (TPSA) is 17.1 Å². The second-order valence-electron chi connectivity index (χ2n) is 6.48. The van der Waals surface area contributed by atoms with E-state index in [0.29, 0.717) is 11.2 Å². The standard InChI is InChI=1S/C14H22O/c1-13(2,3)11-7-8-14(4)9-10(15)5-6-12(11)14/h5-9H2,1-4H3/t14-/m0/s1. The zero-order chi connectivity index (χ0) is 11.3. The Balaban J connectivity index is 2.38. The lowest BCUT2D eigenvalue weighted by atomic mass is 9.70. The molecule has 1 heteroatoms. The van der Waals surface area contributed by atoms with E-state index in [4.69, 9.17) is 0 Å². The van der Waals surface area contributed by atoms with Gasteiger partial charge >= 0.3 is 0 Å². The van der Waals surface area contributed by atoms with Crippen molar-refractivity contribution in [1.82, 2.24) is 0 Å². The Labute approximate surface area is 92.9 Å². The Hall–Kier alpha value is -0.590.